The molecule has 0 aromatic carbocycles. The van der Waals surface area contributed by atoms with Gasteiger partial charge in [0.05, 0.1) is 24.9 Å². The van der Waals surface area contributed by atoms with Crippen LogP contribution in [0.25, 0.3) is 0 Å². The summed E-state index contributed by atoms with van der Waals surface area (Å²) >= 11 is 0. The third-order valence-corrected chi connectivity index (χ3v) is 2.15. The summed E-state index contributed by atoms with van der Waals surface area (Å²) in [6.07, 6.45) is 2.03. The second kappa shape index (κ2) is 5.07. The highest BCUT2D eigenvalue weighted by molar-refractivity contribution is 4.96. The molecule has 0 aliphatic rings. The first kappa shape index (κ1) is 11.1. The van der Waals surface area contributed by atoms with Crippen molar-refractivity contribution in [3.63, 3.8) is 0 Å². The number of hydrogen-bond acceptors (Lipinski definition) is 4. The lowest BCUT2D eigenvalue weighted by Crippen LogP contribution is -2.15. The Morgan fingerprint density at radius 1 is 1.36 bits per heavy atom. The molecule has 1 aromatic rings. The van der Waals surface area contributed by atoms with Gasteiger partial charge in [-0.2, -0.15) is 0 Å². The molecule has 0 radical (unpaired) electrons. The van der Waals surface area contributed by atoms with Crippen LogP contribution in [0.4, 0.5) is 0 Å². The van der Waals surface area contributed by atoms with Crippen LogP contribution >= 0.6 is 0 Å². The zero-order valence-electron chi connectivity index (χ0n) is 8.59. The number of nitrogens with zero attached hydrogens (tertiary/aromatic N) is 3. The monoisotopic (exact) mass is 199 g/mol. The van der Waals surface area contributed by atoms with E-state index in [1.165, 1.54) is 0 Å². The molecule has 0 spiro atoms. The Morgan fingerprint density at radius 3 is 2.64 bits per heavy atom. The van der Waals surface area contributed by atoms with E-state index in [1.807, 2.05) is 13.8 Å². The van der Waals surface area contributed by atoms with Gasteiger partial charge in [0.15, 0.2) is 0 Å². The molecule has 5 heteroatoms. The molecule has 14 heavy (non-hydrogen) atoms. The molecule has 5 nitrogen and oxygen atoms in total. The van der Waals surface area contributed by atoms with Gasteiger partial charge in [-0.25, -0.2) is 4.68 Å². The van der Waals surface area contributed by atoms with Gasteiger partial charge in [0.1, 0.15) is 5.69 Å². The van der Waals surface area contributed by atoms with Crippen LogP contribution in [0.3, 0.4) is 0 Å². The molecular weight excluding hydrogens is 182 g/mol. The van der Waals surface area contributed by atoms with Crippen LogP contribution in [-0.4, -0.2) is 31.3 Å². The highest BCUT2D eigenvalue weighted by Gasteiger charge is 2.10. The Hall–Kier alpha value is -0.940. The first-order chi connectivity index (χ1) is 6.67. The van der Waals surface area contributed by atoms with Gasteiger partial charge in [0, 0.05) is 0 Å². The van der Waals surface area contributed by atoms with Crippen molar-refractivity contribution in [3.8, 4) is 0 Å². The molecule has 1 aromatic heterocycles. The topological polar surface area (TPSA) is 71.2 Å². The zero-order chi connectivity index (χ0) is 10.6. The summed E-state index contributed by atoms with van der Waals surface area (Å²) in [7, 11) is 0. The normalized spacial score (nSPS) is 15.4. The number of aromatic nitrogens is 3. The standard InChI is InChI=1S/C9H17N3O2/c1-3-7(13)5-12-6-8(10-11-12)9(14)4-2/h6-7,9,13-14H,3-5H2,1-2H3. The van der Waals surface area contributed by atoms with E-state index in [9.17, 15) is 10.2 Å². The average molecular weight is 199 g/mol. The Morgan fingerprint density at radius 2 is 2.07 bits per heavy atom. The summed E-state index contributed by atoms with van der Waals surface area (Å²) in [5, 5.41) is 26.5. The molecule has 0 saturated carbocycles. The molecule has 2 unspecified atom stereocenters. The van der Waals surface area contributed by atoms with Crippen LogP contribution < -0.4 is 0 Å². The Kier molecular flexibility index (Phi) is 4.03. The van der Waals surface area contributed by atoms with E-state index in [1.54, 1.807) is 10.9 Å². The van der Waals surface area contributed by atoms with E-state index in [2.05, 4.69) is 10.3 Å². The SMILES string of the molecule is CCC(O)Cn1cc(C(O)CC)nn1. The van der Waals surface area contributed by atoms with Gasteiger partial charge < -0.3 is 10.2 Å². The lowest BCUT2D eigenvalue weighted by molar-refractivity contribution is 0.144. The minimum atomic E-state index is -0.553. The predicted molar refractivity (Wildman–Crippen MR) is 51.6 cm³/mol. The van der Waals surface area contributed by atoms with Gasteiger partial charge in [-0.15, -0.1) is 5.10 Å². The summed E-state index contributed by atoms with van der Waals surface area (Å²) in [5.74, 6) is 0. The lowest BCUT2D eigenvalue weighted by atomic mass is 10.2. The number of hydrogen-bond donors (Lipinski definition) is 2. The van der Waals surface area contributed by atoms with Crippen molar-refractivity contribution in [2.45, 2.75) is 45.4 Å². The molecule has 2 N–H and O–H groups in total. The van der Waals surface area contributed by atoms with Crippen molar-refractivity contribution in [1.82, 2.24) is 15.0 Å². The summed E-state index contributed by atoms with van der Waals surface area (Å²) in [4.78, 5) is 0. The van der Waals surface area contributed by atoms with E-state index in [0.717, 1.165) is 0 Å². The first-order valence-corrected chi connectivity index (χ1v) is 4.93. The van der Waals surface area contributed by atoms with Crippen LogP contribution in [0, 0.1) is 0 Å². The first-order valence-electron chi connectivity index (χ1n) is 4.93. The summed E-state index contributed by atoms with van der Waals surface area (Å²) in [5.41, 5.74) is 0.566. The fraction of sp³-hybridized carbons (Fsp3) is 0.778. The number of aliphatic hydroxyl groups excluding tert-OH is 2. The van der Waals surface area contributed by atoms with Crippen LogP contribution in [0.1, 0.15) is 38.5 Å². The molecule has 0 aliphatic heterocycles. The van der Waals surface area contributed by atoms with Crippen molar-refractivity contribution >= 4 is 0 Å². The largest absolute Gasteiger partial charge is 0.391 e. The number of rotatable bonds is 5. The van der Waals surface area contributed by atoms with Crippen molar-refractivity contribution in [1.29, 1.82) is 0 Å². The molecule has 2 atom stereocenters. The Balaban J connectivity index is 2.59. The van der Waals surface area contributed by atoms with Crippen molar-refractivity contribution < 1.29 is 10.2 Å². The van der Waals surface area contributed by atoms with Crippen LogP contribution in [0.15, 0.2) is 6.20 Å². The fourth-order valence-electron chi connectivity index (χ4n) is 1.11. The molecule has 0 aliphatic carbocycles. The summed E-state index contributed by atoms with van der Waals surface area (Å²) in [6, 6.07) is 0. The van der Waals surface area contributed by atoms with Crippen LogP contribution in [0.2, 0.25) is 0 Å². The maximum atomic E-state index is 9.46. The van der Waals surface area contributed by atoms with Gasteiger partial charge in [-0.1, -0.05) is 19.1 Å². The van der Waals surface area contributed by atoms with Gasteiger partial charge >= 0.3 is 0 Å². The van der Waals surface area contributed by atoms with E-state index in [4.69, 9.17) is 0 Å². The van der Waals surface area contributed by atoms with Crippen LogP contribution in [-0.2, 0) is 6.54 Å². The quantitative estimate of drug-likeness (QED) is 0.724. The highest BCUT2D eigenvalue weighted by Crippen LogP contribution is 2.12. The molecule has 0 saturated heterocycles. The number of aliphatic hydroxyl groups is 2. The smallest absolute Gasteiger partial charge is 0.111 e. The molecule has 0 fully saturated rings. The van der Waals surface area contributed by atoms with Gasteiger partial charge in [-0.05, 0) is 12.8 Å². The van der Waals surface area contributed by atoms with Gasteiger partial charge in [0.25, 0.3) is 0 Å². The van der Waals surface area contributed by atoms with Crippen LogP contribution in [0.5, 0.6) is 0 Å². The van der Waals surface area contributed by atoms with E-state index in [0.29, 0.717) is 25.1 Å². The molecule has 1 rings (SSSR count). The Bertz CT molecular complexity index is 275. The van der Waals surface area contributed by atoms with Gasteiger partial charge in [-0.3, -0.25) is 0 Å². The van der Waals surface area contributed by atoms with E-state index < -0.39 is 12.2 Å². The summed E-state index contributed by atoms with van der Waals surface area (Å²) < 4.78 is 1.56. The molecule has 1 heterocycles. The molecule has 80 valence electrons. The maximum absolute atomic E-state index is 9.46. The maximum Gasteiger partial charge on any atom is 0.111 e. The van der Waals surface area contributed by atoms with Gasteiger partial charge in [0.2, 0.25) is 0 Å². The molecule has 0 bridgehead atoms. The minimum Gasteiger partial charge on any atom is -0.391 e. The average Bonchev–Trinajstić information content (AvgIpc) is 2.65. The zero-order valence-corrected chi connectivity index (χ0v) is 8.59. The molecule has 0 amide bonds. The fourth-order valence-corrected chi connectivity index (χ4v) is 1.11. The third kappa shape index (κ3) is 2.78. The van der Waals surface area contributed by atoms with E-state index >= 15 is 0 Å². The van der Waals surface area contributed by atoms with Crippen molar-refractivity contribution in [2.75, 3.05) is 0 Å². The van der Waals surface area contributed by atoms with Crippen molar-refractivity contribution in [2.24, 2.45) is 0 Å². The Labute approximate surface area is 83.4 Å². The second-order valence-electron chi connectivity index (χ2n) is 3.35. The minimum absolute atomic E-state index is 0.400. The lowest BCUT2D eigenvalue weighted by Gasteiger charge is -2.05. The third-order valence-electron chi connectivity index (χ3n) is 2.15. The predicted octanol–water partition coefficient (Wildman–Crippen LogP) is 0.492. The molecular formula is C9H17N3O2. The highest BCUT2D eigenvalue weighted by atomic mass is 16.3. The van der Waals surface area contributed by atoms with E-state index in [-0.39, 0.29) is 0 Å². The summed E-state index contributed by atoms with van der Waals surface area (Å²) in [6.45, 7) is 4.22. The second-order valence-corrected chi connectivity index (χ2v) is 3.35. The van der Waals surface area contributed by atoms with Crippen molar-refractivity contribution in [3.05, 3.63) is 11.9 Å².